The third-order valence-corrected chi connectivity index (χ3v) is 9.36. The normalized spacial score (nSPS) is 12.2. The zero-order valence-electron chi connectivity index (χ0n) is 16.0. The van der Waals surface area contributed by atoms with Gasteiger partial charge in [-0.2, -0.15) is 0 Å². The Hall–Kier alpha value is 1.30. The van der Waals surface area contributed by atoms with E-state index in [2.05, 4.69) is 13.8 Å². The molecule has 144 valence electrons. The Balaban J connectivity index is 3.87. The van der Waals surface area contributed by atoms with Crippen molar-refractivity contribution < 1.29 is 0 Å². The van der Waals surface area contributed by atoms with Crippen molar-refractivity contribution >= 4 is 48.8 Å². The van der Waals surface area contributed by atoms with E-state index < -0.39 is 6.00 Å². The van der Waals surface area contributed by atoms with E-state index in [9.17, 15) is 0 Å². The van der Waals surface area contributed by atoms with Crippen LogP contribution in [-0.2, 0) is 0 Å². The Bertz CT molecular complexity index is 241. The van der Waals surface area contributed by atoms with E-state index in [4.69, 9.17) is 33.2 Å². The molecule has 0 N–H and O–H groups in total. The predicted octanol–water partition coefficient (Wildman–Crippen LogP) is 9.05. The molecule has 0 fully saturated rings. The molecular weight excluding hydrogens is 391 g/mol. The first-order chi connectivity index (χ1) is 11.5. The molecule has 0 aliphatic heterocycles. The van der Waals surface area contributed by atoms with Gasteiger partial charge in [-0.15, -0.1) is 33.2 Å². The van der Waals surface area contributed by atoms with Crippen LogP contribution < -0.4 is 0 Å². The van der Waals surface area contributed by atoms with E-state index >= 15 is 0 Å². The van der Waals surface area contributed by atoms with Crippen LogP contribution in [0.25, 0.3) is 0 Å². The summed E-state index contributed by atoms with van der Waals surface area (Å²) in [6, 6.07) is -0.422. The Morgan fingerprint density at radius 2 is 1.08 bits per heavy atom. The van der Waals surface area contributed by atoms with E-state index in [0.29, 0.717) is 0 Å². The van der Waals surface area contributed by atoms with Gasteiger partial charge >= 0.3 is 6.00 Å². The smallest absolute Gasteiger partial charge is 0.126 e. The molecule has 0 aromatic rings. The number of hydrogen-bond donors (Lipinski definition) is 0. The molecule has 24 heavy (non-hydrogen) atoms. The molecule has 5 heteroatoms. The second kappa shape index (κ2) is 17.7. The molecule has 0 aliphatic rings. The number of hydrogen-bond acceptors (Lipinski definition) is 0. The van der Waals surface area contributed by atoms with E-state index in [0.717, 1.165) is 27.1 Å². The lowest BCUT2D eigenvalue weighted by Gasteiger charge is -2.17. The van der Waals surface area contributed by atoms with Gasteiger partial charge in [0.1, 0.15) is 0 Å². The van der Waals surface area contributed by atoms with Gasteiger partial charge in [0.25, 0.3) is 0 Å². The molecule has 2 radical (unpaired) electrons. The Kier molecular flexibility index (Phi) is 18.7. The maximum atomic E-state index is 6.04. The van der Waals surface area contributed by atoms with Crippen LogP contribution in [0.3, 0.4) is 0 Å². The molecule has 0 rings (SSSR count). The average Bonchev–Trinajstić information content (AvgIpc) is 2.52. The minimum Gasteiger partial charge on any atom is -0.126 e. The summed E-state index contributed by atoms with van der Waals surface area (Å²) in [5, 5.41) is 0. The average molecular weight is 430 g/mol. The molecule has 0 spiro atoms. The predicted molar refractivity (Wildman–Crippen MR) is 118 cm³/mol. The quantitative estimate of drug-likeness (QED) is 0.116. The van der Waals surface area contributed by atoms with Crippen LogP contribution in [0.4, 0.5) is 0 Å². The standard InChI is InChI=1S/C19H39Cl3Si2/c1-3-5-7-9-11-13-15-19(23-17-18-24(20,21)22)16-14-12-10-8-6-4-2/h19H,3-18H2,1-2H3. The van der Waals surface area contributed by atoms with Gasteiger partial charge < -0.3 is 0 Å². The fourth-order valence-electron chi connectivity index (χ4n) is 3.11. The molecule has 0 saturated carbocycles. The molecule has 0 heterocycles. The van der Waals surface area contributed by atoms with Crippen molar-refractivity contribution in [1.29, 1.82) is 0 Å². The fraction of sp³-hybridized carbons (Fsp3) is 1.00. The van der Waals surface area contributed by atoms with E-state index in [1.165, 1.54) is 89.9 Å². The summed E-state index contributed by atoms with van der Waals surface area (Å²) in [6.07, 6.45) is 19.6. The van der Waals surface area contributed by atoms with Crippen molar-refractivity contribution in [2.24, 2.45) is 0 Å². The van der Waals surface area contributed by atoms with Crippen LogP contribution in [0.5, 0.6) is 0 Å². The minimum absolute atomic E-state index is 0.847. The van der Waals surface area contributed by atoms with Crippen LogP contribution in [0.15, 0.2) is 0 Å². The molecule has 0 aromatic heterocycles. The summed E-state index contributed by atoms with van der Waals surface area (Å²) in [6.45, 7) is 4.57. The van der Waals surface area contributed by atoms with Crippen molar-refractivity contribution in [3.8, 4) is 0 Å². The SMILES string of the molecule is CCCCCCCCC(CCCCCCCC)[Si]CC[Si](Cl)(Cl)Cl. The van der Waals surface area contributed by atoms with Gasteiger partial charge in [0, 0.05) is 9.52 Å². The van der Waals surface area contributed by atoms with Crippen LogP contribution in [0.1, 0.15) is 104 Å². The zero-order chi connectivity index (χ0) is 18.1. The minimum atomic E-state index is -2.41. The maximum absolute atomic E-state index is 6.04. The van der Waals surface area contributed by atoms with Gasteiger partial charge in [-0.25, -0.2) is 0 Å². The second-order valence-corrected chi connectivity index (χ2v) is 18.1. The van der Waals surface area contributed by atoms with Crippen molar-refractivity contribution in [3.05, 3.63) is 0 Å². The number of unbranched alkanes of at least 4 members (excludes halogenated alkanes) is 10. The zero-order valence-corrected chi connectivity index (χ0v) is 20.3. The molecule has 0 nitrogen and oxygen atoms in total. The van der Waals surface area contributed by atoms with Gasteiger partial charge in [-0.05, 0) is 11.6 Å². The lowest BCUT2D eigenvalue weighted by atomic mass is 10.0. The molecule has 0 unspecified atom stereocenters. The molecule has 0 amide bonds. The summed E-state index contributed by atoms with van der Waals surface area (Å²) in [5.41, 5.74) is 0.892. The third kappa shape index (κ3) is 19.6. The summed E-state index contributed by atoms with van der Waals surface area (Å²) < 4.78 is 0. The van der Waals surface area contributed by atoms with E-state index in [1.54, 1.807) is 0 Å². The Morgan fingerprint density at radius 1 is 0.667 bits per heavy atom. The summed E-state index contributed by atoms with van der Waals surface area (Å²) in [7, 11) is 1.00. The number of halogens is 3. The van der Waals surface area contributed by atoms with Crippen molar-refractivity contribution in [2.75, 3.05) is 0 Å². The number of rotatable bonds is 18. The molecule has 0 aliphatic carbocycles. The van der Waals surface area contributed by atoms with Gasteiger partial charge in [0.05, 0.1) is 0 Å². The Morgan fingerprint density at radius 3 is 1.50 bits per heavy atom. The van der Waals surface area contributed by atoms with Crippen LogP contribution in [-0.4, -0.2) is 15.5 Å². The molecule has 0 atom stereocenters. The molecular formula is C19H39Cl3Si2. The second-order valence-electron chi connectivity index (χ2n) is 7.13. The van der Waals surface area contributed by atoms with Crippen LogP contribution in [0.2, 0.25) is 17.6 Å². The molecule has 0 bridgehead atoms. The highest BCUT2D eigenvalue weighted by atomic mass is 35.8. The highest BCUT2D eigenvalue weighted by Gasteiger charge is 2.24. The topological polar surface area (TPSA) is 0 Å². The van der Waals surface area contributed by atoms with Gasteiger partial charge in [-0.1, -0.05) is 110 Å². The Labute approximate surface area is 169 Å². The molecule has 0 aromatic carbocycles. The highest BCUT2D eigenvalue weighted by molar-refractivity contribution is 7.64. The first-order valence-electron chi connectivity index (χ1n) is 10.3. The van der Waals surface area contributed by atoms with Crippen LogP contribution in [0, 0.1) is 0 Å². The van der Waals surface area contributed by atoms with Gasteiger partial charge in [0.15, 0.2) is 0 Å². The van der Waals surface area contributed by atoms with Gasteiger partial charge in [0.2, 0.25) is 0 Å². The van der Waals surface area contributed by atoms with Gasteiger partial charge in [-0.3, -0.25) is 0 Å². The first kappa shape index (κ1) is 25.3. The monoisotopic (exact) mass is 428 g/mol. The van der Waals surface area contributed by atoms with Crippen molar-refractivity contribution in [1.82, 2.24) is 0 Å². The highest BCUT2D eigenvalue weighted by Crippen LogP contribution is 2.30. The molecule has 0 saturated heterocycles. The van der Waals surface area contributed by atoms with E-state index in [-0.39, 0.29) is 0 Å². The maximum Gasteiger partial charge on any atom is 0.341 e. The van der Waals surface area contributed by atoms with Crippen molar-refractivity contribution in [3.63, 3.8) is 0 Å². The summed E-state index contributed by atoms with van der Waals surface area (Å²) in [4.78, 5) is 0. The van der Waals surface area contributed by atoms with Crippen molar-refractivity contribution in [2.45, 2.75) is 121 Å². The lowest BCUT2D eigenvalue weighted by molar-refractivity contribution is 0.531. The lowest BCUT2D eigenvalue weighted by Crippen LogP contribution is -2.12. The van der Waals surface area contributed by atoms with Crippen LogP contribution >= 0.6 is 33.2 Å². The summed E-state index contributed by atoms with van der Waals surface area (Å²) in [5.74, 6) is 0. The third-order valence-electron chi connectivity index (χ3n) is 4.65. The fourth-order valence-corrected chi connectivity index (χ4v) is 8.60. The largest absolute Gasteiger partial charge is 0.341 e. The summed E-state index contributed by atoms with van der Waals surface area (Å²) >= 11 is 18.1. The van der Waals surface area contributed by atoms with E-state index in [1.807, 2.05) is 0 Å². The first-order valence-corrected chi connectivity index (χ1v) is 16.8.